The SMILES string of the molecule is CCCCn1c(O)c(C(=O)CN2C(=O)/C(=C/c3ccc(Cl)cc3)SC2=S)c(C)c(C#N)c1=O. The molecule has 0 atom stereocenters. The van der Waals surface area contributed by atoms with Crippen LogP contribution >= 0.6 is 35.6 Å². The van der Waals surface area contributed by atoms with E-state index >= 15 is 0 Å². The van der Waals surface area contributed by atoms with E-state index in [1.165, 1.54) is 6.92 Å². The number of ketones is 1. The number of carbonyl (C=O) groups is 2. The summed E-state index contributed by atoms with van der Waals surface area (Å²) >= 11 is 12.3. The maximum absolute atomic E-state index is 13.2. The van der Waals surface area contributed by atoms with Crippen molar-refractivity contribution >= 4 is 57.7 Å². The van der Waals surface area contributed by atoms with Crippen LogP contribution in [-0.2, 0) is 11.3 Å². The highest BCUT2D eigenvalue weighted by molar-refractivity contribution is 8.26. The van der Waals surface area contributed by atoms with Crippen LogP contribution in [0.15, 0.2) is 34.0 Å². The Bertz CT molecular complexity index is 1280. The molecule has 1 aliphatic rings. The van der Waals surface area contributed by atoms with Crippen molar-refractivity contribution in [3.05, 3.63) is 66.8 Å². The van der Waals surface area contributed by atoms with E-state index in [0.29, 0.717) is 16.3 Å². The van der Waals surface area contributed by atoms with Crippen LogP contribution in [0.2, 0.25) is 5.02 Å². The number of thioether (sulfide) groups is 1. The number of pyridine rings is 1. The highest BCUT2D eigenvalue weighted by atomic mass is 35.5. The number of unbranched alkanes of at least 4 members (excludes halogenated alkanes) is 1. The lowest BCUT2D eigenvalue weighted by Crippen LogP contribution is -2.35. The van der Waals surface area contributed by atoms with Gasteiger partial charge in [0.2, 0.25) is 5.88 Å². The average molecular weight is 502 g/mol. The van der Waals surface area contributed by atoms with Crippen LogP contribution in [0.3, 0.4) is 0 Å². The highest BCUT2D eigenvalue weighted by Gasteiger charge is 2.35. The molecular formula is C23H20ClN3O4S2. The molecule has 10 heteroatoms. The number of carbonyl (C=O) groups excluding carboxylic acids is 2. The maximum Gasteiger partial charge on any atom is 0.271 e. The van der Waals surface area contributed by atoms with Crippen LogP contribution in [0, 0.1) is 18.3 Å². The summed E-state index contributed by atoms with van der Waals surface area (Å²) in [5.74, 6) is -1.56. The second-order valence-electron chi connectivity index (χ2n) is 7.36. The third kappa shape index (κ3) is 5.03. The number of halogens is 1. The third-order valence-corrected chi connectivity index (χ3v) is 6.79. The summed E-state index contributed by atoms with van der Waals surface area (Å²) in [6.07, 6.45) is 2.99. The summed E-state index contributed by atoms with van der Waals surface area (Å²) in [4.78, 5) is 40.1. The van der Waals surface area contributed by atoms with Gasteiger partial charge in [0, 0.05) is 11.6 Å². The molecule has 2 aromatic rings. The molecular weight excluding hydrogens is 482 g/mol. The molecule has 0 saturated carbocycles. The molecule has 0 spiro atoms. The van der Waals surface area contributed by atoms with Crippen LogP contribution in [0.5, 0.6) is 5.88 Å². The lowest BCUT2D eigenvalue weighted by atomic mass is 10.0. The highest BCUT2D eigenvalue weighted by Crippen LogP contribution is 2.33. The first-order valence-corrected chi connectivity index (χ1v) is 11.7. The number of hydrogen-bond donors (Lipinski definition) is 1. The Morgan fingerprint density at radius 1 is 1.30 bits per heavy atom. The molecule has 170 valence electrons. The predicted molar refractivity (Wildman–Crippen MR) is 132 cm³/mol. The fourth-order valence-corrected chi connectivity index (χ4v) is 4.76. The van der Waals surface area contributed by atoms with Crippen LogP contribution in [-0.4, -0.2) is 37.1 Å². The van der Waals surface area contributed by atoms with Crippen molar-refractivity contribution in [2.45, 2.75) is 33.2 Å². The second-order valence-corrected chi connectivity index (χ2v) is 9.48. The van der Waals surface area contributed by atoms with Crippen molar-refractivity contribution in [2.24, 2.45) is 0 Å². The van der Waals surface area contributed by atoms with Gasteiger partial charge in [-0.25, -0.2) is 0 Å². The Kier molecular flexibility index (Phi) is 7.74. The molecule has 33 heavy (non-hydrogen) atoms. The van der Waals surface area contributed by atoms with Gasteiger partial charge in [0.15, 0.2) is 5.78 Å². The number of Topliss-reactive ketones (excluding diaryl/α,β-unsaturated/α-hetero) is 1. The number of aromatic hydroxyl groups is 1. The van der Waals surface area contributed by atoms with Crippen molar-refractivity contribution in [3.63, 3.8) is 0 Å². The van der Waals surface area contributed by atoms with Crippen LogP contribution in [0.25, 0.3) is 6.08 Å². The van der Waals surface area contributed by atoms with Gasteiger partial charge in [-0.3, -0.25) is 23.9 Å². The zero-order valence-electron chi connectivity index (χ0n) is 17.9. The third-order valence-electron chi connectivity index (χ3n) is 5.16. The molecule has 1 N–H and O–H groups in total. The zero-order chi connectivity index (χ0) is 24.3. The number of thiocarbonyl (C=S) groups is 1. The molecule has 0 bridgehead atoms. The van der Waals surface area contributed by atoms with Crippen molar-refractivity contribution in [2.75, 3.05) is 6.54 Å². The van der Waals surface area contributed by atoms with Crippen LogP contribution in [0.4, 0.5) is 0 Å². The molecule has 7 nitrogen and oxygen atoms in total. The number of rotatable bonds is 7. The Morgan fingerprint density at radius 2 is 1.97 bits per heavy atom. The van der Waals surface area contributed by atoms with Gasteiger partial charge >= 0.3 is 0 Å². The Balaban J connectivity index is 1.93. The summed E-state index contributed by atoms with van der Waals surface area (Å²) in [7, 11) is 0. The van der Waals surface area contributed by atoms with Gasteiger partial charge in [-0.05, 0) is 42.7 Å². The monoisotopic (exact) mass is 501 g/mol. The lowest BCUT2D eigenvalue weighted by molar-refractivity contribution is -0.121. The predicted octanol–water partition coefficient (Wildman–Crippen LogP) is 4.27. The van der Waals surface area contributed by atoms with E-state index in [0.717, 1.165) is 33.2 Å². The molecule has 1 aliphatic heterocycles. The summed E-state index contributed by atoms with van der Waals surface area (Å²) < 4.78 is 1.23. The lowest BCUT2D eigenvalue weighted by Gasteiger charge is -2.18. The summed E-state index contributed by atoms with van der Waals surface area (Å²) in [6, 6.07) is 8.73. The molecule has 1 saturated heterocycles. The van der Waals surface area contributed by atoms with Crippen LogP contribution < -0.4 is 5.56 Å². The van der Waals surface area contributed by atoms with E-state index in [-0.39, 0.29) is 27.6 Å². The van der Waals surface area contributed by atoms with Crippen molar-refractivity contribution in [1.82, 2.24) is 9.47 Å². The Labute approximate surface area is 205 Å². The smallest absolute Gasteiger partial charge is 0.271 e. The number of benzene rings is 1. The maximum atomic E-state index is 13.2. The van der Waals surface area contributed by atoms with E-state index in [2.05, 4.69) is 0 Å². The number of aromatic nitrogens is 1. The van der Waals surface area contributed by atoms with E-state index < -0.39 is 29.7 Å². The van der Waals surface area contributed by atoms with Gasteiger partial charge in [-0.15, -0.1) is 0 Å². The van der Waals surface area contributed by atoms with Gasteiger partial charge in [0.05, 0.1) is 17.0 Å². The summed E-state index contributed by atoms with van der Waals surface area (Å²) in [6.45, 7) is 3.09. The fraction of sp³-hybridized carbons (Fsp3) is 0.261. The molecule has 3 rings (SSSR count). The summed E-state index contributed by atoms with van der Waals surface area (Å²) in [5.41, 5.74) is -0.173. The van der Waals surface area contributed by atoms with Gasteiger partial charge < -0.3 is 5.11 Å². The largest absolute Gasteiger partial charge is 0.494 e. The summed E-state index contributed by atoms with van der Waals surface area (Å²) in [5, 5.41) is 20.7. The van der Waals surface area contributed by atoms with Gasteiger partial charge in [-0.2, -0.15) is 5.26 Å². The second kappa shape index (κ2) is 10.3. The van der Waals surface area contributed by atoms with Crippen LogP contribution in [0.1, 0.15) is 46.8 Å². The normalized spacial score (nSPS) is 14.7. The van der Waals surface area contributed by atoms with Gasteiger partial charge in [0.1, 0.15) is 16.0 Å². The van der Waals surface area contributed by atoms with Gasteiger partial charge in [0.25, 0.3) is 11.5 Å². The van der Waals surface area contributed by atoms with Crippen molar-refractivity contribution in [3.8, 4) is 11.9 Å². The first kappa shape index (κ1) is 24.7. The Morgan fingerprint density at radius 3 is 2.58 bits per heavy atom. The minimum Gasteiger partial charge on any atom is -0.494 e. The van der Waals surface area contributed by atoms with Crippen molar-refractivity contribution in [1.29, 1.82) is 5.26 Å². The minimum absolute atomic E-state index is 0.0832. The van der Waals surface area contributed by atoms with E-state index in [1.54, 1.807) is 30.3 Å². The molecule has 0 unspecified atom stereocenters. The number of hydrogen-bond acceptors (Lipinski definition) is 7. The minimum atomic E-state index is -0.644. The van der Waals surface area contributed by atoms with E-state index in [4.69, 9.17) is 23.8 Å². The Hall–Kier alpha value is -2.93. The molecule has 0 radical (unpaired) electrons. The number of nitrogens with zero attached hydrogens (tertiary/aromatic N) is 3. The standard InChI is InChI=1S/C23H20ClN3O4S2/c1-3-4-9-26-20(29)16(11-25)13(2)19(22(26)31)17(28)12-27-21(30)18(33-23(27)32)10-14-5-7-15(24)8-6-14/h5-8,10,31H,3-4,9,12H2,1-2H3/b18-10-. The number of nitriles is 1. The fourth-order valence-electron chi connectivity index (χ4n) is 3.38. The molecule has 1 aromatic carbocycles. The first-order valence-electron chi connectivity index (χ1n) is 10.1. The zero-order valence-corrected chi connectivity index (χ0v) is 20.3. The molecule has 1 fully saturated rings. The first-order chi connectivity index (χ1) is 15.7. The molecule has 2 heterocycles. The average Bonchev–Trinajstić information content (AvgIpc) is 3.03. The number of amides is 1. The topological polar surface area (TPSA) is 103 Å². The van der Waals surface area contributed by atoms with E-state index in [9.17, 15) is 24.8 Å². The molecule has 1 amide bonds. The molecule has 0 aliphatic carbocycles. The quantitative estimate of drug-likeness (QED) is 0.343. The van der Waals surface area contributed by atoms with Crippen molar-refractivity contribution < 1.29 is 14.7 Å². The molecule has 1 aromatic heterocycles. The van der Waals surface area contributed by atoms with E-state index in [1.807, 2.05) is 13.0 Å². The van der Waals surface area contributed by atoms with Gasteiger partial charge in [-0.1, -0.05) is 61.1 Å².